The summed E-state index contributed by atoms with van der Waals surface area (Å²) in [5.74, 6) is 1.73. The van der Waals surface area contributed by atoms with E-state index >= 15 is 0 Å². The molecule has 1 aliphatic heterocycles. The van der Waals surface area contributed by atoms with E-state index < -0.39 is 0 Å². The van der Waals surface area contributed by atoms with E-state index in [9.17, 15) is 0 Å². The summed E-state index contributed by atoms with van der Waals surface area (Å²) in [5.41, 5.74) is 4.47. The lowest BCUT2D eigenvalue weighted by Crippen LogP contribution is -2.21. The fourth-order valence-corrected chi connectivity index (χ4v) is 3.26. The van der Waals surface area contributed by atoms with Gasteiger partial charge in [0.25, 0.3) is 0 Å². The molecular weight excluding hydrogens is 300 g/mol. The molecule has 1 fully saturated rings. The van der Waals surface area contributed by atoms with E-state index in [1.54, 1.807) is 6.20 Å². The highest BCUT2D eigenvalue weighted by Crippen LogP contribution is 2.39. The third kappa shape index (κ3) is 2.16. The molecule has 5 rings (SSSR count). The summed E-state index contributed by atoms with van der Waals surface area (Å²) in [6, 6.07) is 13.1. The standard InChI is InChI=1S/C19H18N4O/c1-22(14-3-4-14)18-8-7-17-16-6-5-15(23-10-2-9-20-23)11-13(16)12-24-19(17)21-18/h2,5-11,14H,3-4,12H2,1H3. The predicted molar refractivity (Wildman–Crippen MR) is 92.6 cm³/mol. The Bertz CT molecular complexity index is 900. The Kier molecular flexibility index (Phi) is 2.89. The van der Waals surface area contributed by atoms with Crippen LogP contribution in [0.1, 0.15) is 18.4 Å². The zero-order valence-electron chi connectivity index (χ0n) is 13.5. The molecule has 5 heteroatoms. The van der Waals surface area contributed by atoms with E-state index in [1.165, 1.54) is 24.0 Å². The quantitative estimate of drug-likeness (QED) is 0.742. The van der Waals surface area contributed by atoms with Gasteiger partial charge >= 0.3 is 0 Å². The van der Waals surface area contributed by atoms with Gasteiger partial charge in [-0.3, -0.25) is 0 Å². The zero-order valence-corrected chi connectivity index (χ0v) is 13.5. The molecule has 1 aliphatic carbocycles. The number of hydrogen-bond acceptors (Lipinski definition) is 4. The summed E-state index contributed by atoms with van der Waals surface area (Å²) in [6.45, 7) is 0.543. The third-order valence-corrected chi connectivity index (χ3v) is 4.81. The smallest absolute Gasteiger partial charge is 0.223 e. The van der Waals surface area contributed by atoms with Gasteiger partial charge in [0, 0.05) is 31.0 Å². The van der Waals surface area contributed by atoms with E-state index in [2.05, 4.69) is 47.4 Å². The maximum absolute atomic E-state index is 5.95. The molecule has 1 saturated carbocycles. The molecule has 2 aromatic heterocycles. The predicted octanol–water partition coefficient (Wildman–Crippen LogP) is 3.43. The lowest BCUT2D eigenvalue weighted by molar-refractivity contribution is 0.290. The van der Waals surface area contributed by atoms with Crippen molar-refractivity contribution in [2.75, 3.05) is 11.9 Å². The van der Waals surface area contributed by atoms with Crippen molar-refractivity contribution in [2.45, 2.75) is 25.5 Å². The Morgan fingerprint density at radius 2 is 2.04 bits per heavy atom. The van der Waals surface area contributed by atoms with Gasteiger partial charge < -0.3 is 9.64 Å². The van der Waals surface area contributed by atoms with Crippen LogP contribution in [-0.2, 0) is 6.61 Å². The second-order valence-electron chi connectivity index (χ2n) is 6.44. The Balaban J connectivity index is 1.53. The largest absolute Gasteiger partial charge is 0.472 e. The number of fused-ring (bicyclic) bond motifs is 3. The first-order chi connectivity index (χ1) is 11.8. The van der Waals surface area contributed by atoms with Crippen LogP contribution in [0.3, 0.4) is 0 Å². The molecule has 0 saturated heterocycles. The van der Waals surface area contributed by atoms with E-state index in [0.717, 1.165) is 22.9 Å². The molecule has 0 bridgehead atoms. The highest BCUT2D eigenvalue weighted by Gasteiger charge is 2.28. The molecule has 0 N–H and O–H groups in total. The highest BCUT2D eigenvalue weighted by molar-refractivity contribution is 5.75. The fourth-order valence-electron chi connectivity index (χ4n) is 3.26. The summed E-state index contributed by atoms with van der Waals surface area (Å²) in [6.07, 6.45) is 6.25. The first kappa shape index (κ1) is 13.6. The van der Waals surface area contributed by atoms with Crippen LogP contribution in [0.4, 0.5) is 5.82 Å². The average molecular weight is 318 g/mol. The number of anilines is 1. The van der Waals surface area contributed by atoms with Crippen molar-refractivity contribution < 1.29 is 4.74 Å². The maximum atomic E-state index is 5.95. The highest BCUT2D eigenvalue weighted by atomic mass is 16.5. The summed E-state index contributed by atoms with van der Waals surface area (Å²) < 4.78 is 7.81. The molecule has 1 aromatic carbocycles. The van der Waals surface area contributed by atoms with Crippen LogP contribution in [0.15, 0.2) is 48.8 Å². The molecule has 0 spiro atoms. The van der Waals surface area contributed by atoms with Gasteiger partial charge in [-0.05, 0) is 54.3 Å². The van der Waals surface area contributed by atoms with Gasteiger partial charge in [-0.1, -0.05) is 6.07 Å². The molecule has 2 aliphatic rings. The minimum absolute atomic E-state index is 0.543. The Morgan fingerprint density at radius 1 is 1.17 bits per heavy atom. The monoisotopic (exact) mass is 318 g/mol. The van der Waals surface area contributed by atoms with E-state index in [0.29, 0.717) is 12.6 Å². The number of pyridine rings is 1. The van der Waals surface area contributed by atoms with Gasteiger partial charge in [0.2, 0.25) is 5.88 Å². The molecule has 0 unspecified atom stereocenters. The molecule has 24 heavy (non-hydrogen) atoms. The van der Waals surface area contributed by atoms with E-state index in [-0.39, 0.29) is 0 Å². The Hall–Kier alpha value is -2.82. The molecule has 5 nitrogen and oxygen atoms in total. The van der Waals surface area contributed by atoms with Crippen LogP contribution in [-0.4, -0.2) is 27.9 Å². The topological polar surface area (TPSA) is 43.2 Å². The number of aromatic nitrogens is 3. The van der Waals surface area contributed by atoms with Gasteiger partial charge in [0.15, 0.2) is 0 Å². The summed E-state index contributed by atoms with van der Waals surface area (Å²) in [4.78, 5) is 6.98. The number of nitrogens with zero attached hydrogens (tertiary/aromatic N) is 4. The number of ether oxygens (including phenoxy) is 1. The third-order valence-electron chi connectivity index (χ3n) is 4.81. The first-order valence-electron chi connectivity index (χ1n) is 8.29. The van der Waals surface area contributed by atoms with Crippen molar-refractivity contribution in [3.63, 3.8) is 0 Å². The second-order valence-corrected chi connectivity index (χ2v) is 6.44. The van der Waals surface area contributed by atoms with E-state index in [1.807, 2.05) is 16.9 Å². The van der Waals surface area contributed by atoms with Crippen molar-refractivity contribution in [2.24, 2.45) is 0 Å². The van der Waals surface area contributed by atoms with Crippen LogP contribution in [0, 0.1) is 0 Å². The summed E-state index contributed by atoms with van der Waals surface area (Å²) in [7, 11) is 2.11. The van der Waals surface area contributed by atoms with Crippen LogP contribution in [0.25, 0.3) is 16.8 Å². The minimum Gasteiger partial charge on any atom is -0.472 e. The maximum Gasteiger partial charge on any atom is 0.223 e. The van der Waals surface area contributed by atoms with Crippen molar-refractivity contribution >= 4 is 5.82 Å². The second kappa shape index (κ2) is 5.09. The van der Waals surface area contributed by atoms with Crippen molar-refractivity contribution in [1.82, 2.24) is 14.8 Å². The Labute approximate surface area is 140 Å². The minimum atomic E-state index is 0.543. The Morgan fingerprint density at radius 3 is 2.83 bits per heavy atom. The van der Waals surface area contributed by atoms with Crippen LogP contribution in [0.2, 0.25) is 0 Å². The van der Waals surface area contributed by atoms with Gasteiger partial charge in [0.05, 0.1) is 5.69 Å². The average Bonchev–Trinajstić information content (AvgIpc) is 3.34. The van der Waals surface area contributed by atoms with Crippen LogP contribution < -0.4 is 9.64 Å². The first-order valence-corrected chi connectivity index (χ1v) is 8.29. The van der Waals surface area contributed by atoms with Crippen LogP contribution in [0.5, 0.6) is 5.88 Å². The lowest BCUT2D eigenvalue weighted by atomic mass is 9.98. The van der Waals surface area contributed by atoms with Crippen molar-refractivity contribution in [1.29, 1.82) is 0 Å². The van der Waals surface area contributed by atoms with Gasteiger partial charge in [0.1, 0.15) is 12.4 Å². The molecule has 0 amide bonds. The number of benzene rings is 1. The SMILES string of the molecule is CN(c1ccc2c(n1)OCc1cc(-n3cccn3)ccc1-2)C1CC1. The van der Waals surface area contributed by atoms with Crippen molar-refractivity contribution in [3.05, 3.63) is 54.4 Å². The van der Waals surface area contributed by atoms with Gasteiger partial charge in [-0.2, -0.15) is 10.1 Å². The van der Waals surface area contributed by atoms with Crippen LogP contribution >= 0.6 is 0 Å². The van der Waals surface area contributed by atoms with Gasteiger partial charge in [-0.25, -0.2) is 4.68 Å². The molecule has 3 aromatic rings. The summed E-state index contributed by atoms with van der Waals surface area (Å²) >= 11 is 0. The normalized spacial score (nSPS) is 15.4. The molecule has 0 atom stereocenters. The van der Waals surface area contributed by atoms with E-state index in [4.69, 9.17) is 9.72 Å². The number of rotatable bonds is 3. The molecule has 3 heterocycles. The fraction of sp³-hybridized carbons (Fsp3) is 0.263. The van der Waals surface area contributed by atoms with Gasteiger partial charge in [-0.15, -0.1) is 0 Å². The molecule has 0 radical (unpaired) electrons. The number of hydrogen-bond donors (Lipinski definition) is 0. The molecular formula is C19H18N4O. The van der Waals surface area contributed by atoms with Crippen molar-refractivity contribution in [3.8, 4) is 22.7 Å². The molecule has 120 valence electrons. The zero-order chi connectivity index (χ0) is 16.1. The summed E-state index contributed by atoms with van der Waals surface area (Å²) in [5, 5.41) is 4.29. The lowest BCUT2D eigenvalue weighted by Gasteiger charge is -2.23.